The summed E-state index contributed by atoms with van der Waals surface area (Å²) >= 11 is 8.92. The first-order valence-electron chi connectivity index (χ1n) is 5.39. The SMILES string of the molecule is Cc1cc(NS(=O)(=O)c2cc(Br)cnc2Cl)ccc1F. The van der Waals surface area contributed by atoms with Crippen molar-refractivity contribution >= 4 is 43.2 Å². The van der Waals surface area contributed by atoms with Crippen molar-refractivity contribution in [2.24, 2.45) is 0 Å². The molecule has 0 bridgehead atoms. The number of nitrogens with zero attached hydrogens (tertiary/aromatic N) is 1. The molecule has 1 aromatic heterocycles. The molecule has 0 radical (unpaired) electrons. The highest BCUT2D eigenvalue weighted by molar-refractivity contribution is 9.10. The van der Waals surface area contributed by atoms with Crippen LogP contribution >= 0.6 is 27.5 Å². The maximum atomic E-state index is 13.2. The summed E-state index contributed by atoms with van der Waals surface area (Å²) in [5, 5.41) is -0.139. The molecule has 1 heterocycles. The fourth-order valence-electron chi connectivity index (χ4n) is 1.51. The molecule has 0 aliphatic rings. The van der Waals surface area contributed by atoms with Crippen molar-refractivity contribution in [2.75, 3.05) is 4.72 Å². The largest absolute Gasteiger partial charge is 0.280 e. The molecule has 1 N–H and O–H groups in total. The van der Waals surface area contributed by atoms with Crippen LogP contribution in [0.3, 0.4) is 0 Å². The van der Waals surface area contributed by atoms with Crippen LogP contribution in [0.15, 0.2) is 39.8 Å². The van der Waals surface area contributed by atoms with Crippen LogP contribution in [0.25, 0.3) is 0 Å². The second kappa shape index (κ2) is 5.67. The molecule has 0 fully saturated rings. The van der Waals surface area contributed by atoms with E-state index in [9.17, 15) is 12.8 Å². The summed E-state index contributed by atoms with van der Waals surface area (Å²) in [5.74, 6) is -0.407. The fourth-order valence-corrected chi connectivity index (χ4v) is 3.51. The predicted octanol–water partition coefficient (Wildman–Crippen LogP) is 3.75. The van der Waals surface area contributed by atoms with Crippen molar-refractivity contribution < 1.29 is 12.8 Å². The second-order valence-electron chi connectivity index (χ2n) is 4.01. The number of halogens is 3. The number of anilines is 1. The third-order valence-corrected chi connectivity index (χ3v) is 4.71. The Morgan fingerprint density at radius 1 is 1.35 bits per heavy atom. The Balaban J connectivity index is 2.40. The molecule has 0 unspecified atom stereocenters. The van der Waals surface area contributed by atoms with Crippen LogP contribution in [0.5, 0.6) is 0 Å². The molecular weight excluding hydrogens is 371 g/mol. The number of benzene rings is 1. The van der Waals surface area contributed by atoms with Crippen molar-refractivity contribution in [1.29, 1.82) is 0 Å². The smallest absolute Gasteiger partial charge is 0.265 e. The molecule has 0 amide bonds. The highest BCUT2D eigenvalue weighted by atomic mass is 79.9. The molecule has 20 heavy (non-hydrogen) atoms. The quantitative estimate of drug-likeness (QED) is 0.826. The van der Waals surface area contributed by atoms with Crippen LogP contribution in [-0.2, 0) is 10.0 Å². The average Bonchev–Trinajstić information content (AvgIpc) is 2.36. The molecule has 0 aliphatic carbocycles. The molecule has 8 heteroatoms. The van der Waals surface area contributed by atoms with E-state index in [1.54, 1.807) is 6.92 Å². The monoisotopic (exact) mass is 378 g/mol. The first-order valence-corrected chi connectivity index (χ1v) is 8.05. The molecule has 4 nitrogen and oxygen atoms in total. The summed E-state index contributed by atoms with van der Waals surface area (Å²) in [4.78, 5) is 3.60. The number of hydrogen-bond acceptors (Lipinski definition) is 3. The van der Waals surface area contributed by atoms with E-state index in [0.717, 1.165) is 0 Å². The van der Waals surface area contributed by atoms with Gasteiger partial charge in [0.15, 0.2) is 0 Å². The Bertz CT molecular complexity index is 768. The summed E-state index contributed by atoms with van der Waals surface area (Å²) in [6, 6.07) is 5.26. The van der Waals surface area contributed by atoms with E-state index in [4.69, 9.17) is 11.6 Å². The zero-order valence-corrected chi connectivity index (χ0v) is 13.4. The average molecular weight is 380 g/mol. The zero-order chi connectivity index (χ0) is 14.9. The number of hydrogen-bond donors (Lipinski definition) is 1. The van der Waals surface area contributed by atoms with Crippen molar-refractivity contribution in [3.63, 3.8) is 0 Å². The third-order valence-electron chi connectivity index (χ3n) is 2.47. The Hall–Kier alpha value is -1.18. The molecule has 0 aliphatic heterocycles. The lowest BCUT2D eigenvalue weighted by molar-refractivity contribution is 0.600. The topological polar surface area (TPSA) is 59.1 Å². The Kier molecular flexibility index (Phi) is 4.31. The summed E-state index contributed by atoms with van der Waals surface area (Å²) in [5.41, 5.74) is 0.587. The summed E-state index contributed by atoms with van der Waals surface area (Å²) in [6.45, 7) is 1.54. The van der Waals surface area contributed by atoms with Gasteiger partial charge >= 0.3 is 0 Å². The van der Waals surface area contributed by atoms with E-state index < -0.39 is 15.8 Å². The number of aryl methyl sites for hydroxylation is 1. The van der Waals surface area contributed by atoms with Crippen molar-refractivity contribution in [2.45, 2.75) is 11.8 Å². The molecule has 1 aromatic carbocycles. The minimum absolute atomic E-state index is 0.139. The lowest BCUT2D eigenvalue weighted by Gasteiger charge is -2.10. The molecule has 0 saturated heterocycles. The minimum Gasteiger partial charge on any atom is -0.280 e. The van der Waals surface area contributed by atoms with E-state index in [1.807, 2.05) is 0 Å². The van der Waals surface area contributed by atoms with Gasteiger partial charge in [-0.05, 0) is 52.7 Å². The first-order chi connectivity index (χ1) is 9.29. The fraction of sp³-hybridized carbons (Fsp3) is 0.0833. The first kappa shape index (κ1) is 15.2. The predicted molar refractivity (Wildman–Crippen MR) is 78.9 cm³/mol. The molecule has 0 atom stereocenters. The van der Waals surface area contributed by atoms with Gasteiger partial charge in [-0.2, -0.15) is 0 Å². The van der Waals surface area contributed by atoms with Crippen LogP contribution in [0, 0.1) is 12.7 Å². The van der Waals surface area contributed by atoms with Gasteiger partial charge in [0.05, 0.1) is 0 Å². The van der Waals surface area contributed by atoms with Gasteiger partial charge in [0.25, 0.3) is 10.0 Å². The molecule has 2 aromatic rings. The molecular formula is C12H9BrClFN2O2S. The van der Waals surface area contributed by atoms with Gasteiger partial charge in [-0.15, -0.1) is 0 Å². The van der Waals surface area contributed by atoms with Crippen LogP contribution in [-0.4, -0.2) is 13.4 Å². The Morgan fingerprint density at radius 2 is 2.05 bits per heavy atom. The van der Waals surface area contributed by atoms with Gasteiger partial charge in [-0.1, -0.05) is 11.6 Å². The Labute approximate surface area is 129 Å². The van der Waals surface area contributed by atoms with E-state index in [2.05, 4.69) is 25.6 Å². The number of nitrogens with one attached hydrogen (secondary N) is 1. The van der Waals surface area contributed by atoms with Crippen LogP contribution < -0.4 is 4.72 Å². The standard InChI is InChI=1S/C12H9BrClFN2O2S/c1-7-4-9(2-3-10(7)15)17-20(18,19)11-5-8(13)6-16-12(11)14/h2-6,17H,1H3. The lowest BCUT2D eigenvalue weighted by atomic mass is 10.2. The summed E-state index contributed by atoms with van der Waals surface area (Å²) < 4.78 is 40.4. The van der Waals surface area contributed by atoms with Crippen LogP contribution in [0.1, 0.15) is 5.56 Å². The van der Waals surface area contributed by atoms with Gasteiger partial charge in [0, 0.05) is 16.4 Å². The molecule has 0 saturated carbocycles. The number of rotatable bonds is 3. The van der Waals surface area contributed by atoms with E-state index in [0.29, 0.717) is 10.0 Å². The molecule has 106 valence electrons. The second-order valence-corrected chi connectivity index (χ2v) is 6.94. The van der Waals surface area contributed by atoms with Crippen molar-refractivity contribution in [1.82, 2.24) is 4.98 Å². The van der Waals surface area contributed by atoms with Crippen molar-refractivity contribution in [3.05, 3.63) is 51.5 Å². The highest BCUT2D eigenvalue weighted by Gasteiger charge is 2.19. The van der Waals surface area contributed by atoms with Crippen LogP contribution in [0.2, 0.25) is 5.15 Å². The lowest BCUT2D eigenvalue weighted by Crippen LogP contribution is -2.14. The summed E-state index contributed by atoms with van der Waals surface area (Å²) in [6.07, 6.45) is 1.39. The number of pyridine rings is 1. The minimum atomic E-state index is -3.89. The van der Waals surface area contributed by atoms with Gasteiger partial charge in [-0.3, -0.25) is 4.72 Å². The normalized spacial score (nSPS) is 11.4. The zero-order valence-electron chi connectivity index (χ0n) is 10.2. The van der Waals surface area contributed by atoms with E-state index in [-0.39, 0.29) is 15.7 Å². The van der Waals surface area contributed by atoms with Crippen molar-refractivity contribution in [3.8, 4) is 0 Å². The Morgan fingerprint density at radius 3 is 2.70 bits per heavy atom. The van der Waals surface area contributed by atoms with Gasteiger partial charge < -0.3 is 0 Å². The van der Waals surface area contributed by atoms with E-state index >= 15 is 0 Å². The molecule has 2 rings (SSSR count). The molecule has 0 spiro atoms. The van der Waals surface area contributed by atoms with Gasteiger partial charge in [0.1, 0.15) is 15.9 Å². The number of aromatic nitrogens is 1. The number of sulfonamides is 1. The third kappa shape index (κ3) is 3.28. The van der Waals surface area contributed by atoms with Gasteiger partial charge in [0.2, 0.25) is 0 Å². The summed E-state index contributed by atoms with van der Waals surface area (Å²) in [7, 11) is -3.89. The maximum Gasteiger partial charge on any atom is 0.265 e. The van der Waals surface area contributed by atoms with Crippen LogP contribution in [0.4, 0.5) is 10.1 Å². The maximum absolute atomic E-state index is 13.2. The highest BCUT2D eigenvalue weighted by Crippen LogP contribution is 2.25. The van der Waals surface area contributed by atoms with Gasteiger partial charge in [-0.25, -0.2) is 17.8 Å². The van der Waals surface area contributed by atoms with E-state index in [1.165, 1.54) is 30.5 Å².